The van der Waals surface area contributed by atoms with Crippen molar-refractivity contribution in [2.75, 3.05) is 18.1 Å². The van der Waals surface area contributed by atoms with Gasteiger partial charge in [0, 0.05) is 6.07 Å². The molecule has 2 aromatic rings. The van der Waals surface area contributed by atoms with E-state index in [1.165, 1.54) is 28.2 Å². The molecule has 0 aliphatic carbocycles. The smallest absolute Gasteiger partial charge is 0.250 e. The molecule has 0 fully saturated rings. The number of nitrogens with zero attached hydrogens (tertiary/aromatic N) is 5. The second-order valence-corrected chi connectivity index (χ2v) is 4.95. The lowest BCUT2D eigenvalue weighted by molar-refractivity contribution is -0.119. The van der Waals surface area contributed by atoms with Crippen LogP contribution in [0, 0.1) is 5.82 Å². The van der Waals surface area contributed by atoms with Gasteiger partial charge in [-0.05, 0) is 27.2 Å². The molecule has 1 aliphatic rings. The summed E-state index contributed by atoms with van der Waals surface area (Å²) in [6.07, 6.45) is 1.26. The molecule has 0 saturated heterocycles. The number of tetrazole rings is 1. The zero-order valence-corrected chi connectivity index (χ0v) is 11.7. The molecule has 20 heavy (non-hydrogen) atoms. The maximum atomic E-state index is 13.5. The predicted octanol–water partition coefficient (Wildman–Crippen LogP) is 1.00. The van der Waals surface area contributed by atoms with E-state index in [-0.39, 0.29) is 16.9 Å². The van der Waals surface area contributed by atoms with Crippen molar-refractivity contribution in [1.82, 2.24) is 20.2 Å². The Morgan fingerprint density at radius 2 is 2.35 bits per heavy atom. The van der Waals surface area contributed by atoms with Crippen LogP contribution in [0.25, 0.3) is 0 Å². The highest BCUT2D eigenvalue weighted by Crippen LogP contribution is 2.36. The largest absolute Gasteiger partial charge is 0.489 e. The van der Waals surface area contributed by atoms with Gasteiger partial charge in [-0.1, -0.05) is 0 Å². The van der Waals surface area contributed by atoms with Crippen LogP contribution in [0.15, 0.2) is 22.9 Å². The molecule has 0 N–H and O–H groups in total. The molecule has 0 atom stereocenters. The predicted molar refractivity (Wildman–Crippen MR) is 69.8 cm³/mol. The van der Waals surface area contributed by atoms with Crippen LogP contribution in [0.1, 0.15) is 0 Å². The van der Waals surface area contributed by atoms with Gasteiger partial charge in [0.15, 0.2) is 6.33 Å². The number of carbonyl (C=O) groups excluding carboxylic acids is 1. The van der Waals surface area contributed by atoms with Crippen LogP contribution in [0.2, 0.25) is 0 Å². The van der Waals surface area contributed by atoms with Gasteiger partial charge < -0.3 is 9.64 Å². The van der Waals surface area contributed by atoms with E-state index in [1.54, 1.807) is 0 Å². The molecule has 0 radical (unpaired) electrons. The third-order valence-electron chi connectivity index (χ3n) is 2.83. The van der Waals surface area contributed by atoms with Crippen molar-refractivity contribution in [2.45, 2.75) is 6.54 Å². The van der Waals surface area contributed by atoms with E-state index in [2.05, 4.69) is 31.3 Å². The van der Waals surface area contributed by atoms with E-state index < -0.39 is 5.82 Å². The molecule has 9 heteroatoms. The minimum atomic E-state index is -0.434. The summed E-state index contributed by atoms with van der Waals surface area (Å²) >= 11 is 3.10. The molecule has 0 bridgehead atoms. The highest BCUT2D eigenvalue weighted by Gasteiger charge is 2.25. The van der Waals surface area contributed by atoms with Crippen LogP contribution in [0.4, 0.5) is 10.1 Å². The molecule has 0 unspecified atom stereocenters. The summed E-state index contributed by atoms with van der Waals surface area (Å²) in [5.74, 6) is -0.307. The van der Waals surface area contributed by atoms with Crippen LogP contribution in [0.5, 0.6) is 5.75 Å². The molecule has 104 valence electrons. The Labute approximate surface area is 121 Å². The van der Waals surface area contributed by atoms with Gasteiger partial charge in [0.2, 0.25) is 0 Å². The number of rotatable bonds is 2. The quantitative estimate of drug-likeness (QED) is 0.814. The molecular formula is C11H9BrFN5O2. The number of hydrogen-bond donors (Lipinski definition) is 0. The minimum absolute atomic E-state index is 0.0333. The number of halogens is 2. The number of hydrogen-bond acceptors (Lipinski definition) is 5. The molecule has 1 amide bonds. The molecule has 1 aliphatic heterocycles. The van der Waals surface area contributed by atoms with Crippen LogP contribution in [0.3, 0.4) is 0 Å². The lowest BCUT2D eigenvalue weighted by Gasteiger charge is -2.29. The van der Waals surface area contributed by atoms with Crippen molar-refractivity contribution in [3.05, 3.63) is 28.7 Å². The van der Waals surface area contributed by atoms with Gasteiger partial charge in [-0.25, -0.2) is 4.39 Å². The first-order valence-corrected chi connectivity index (χ1v) is 6.57. The van der Waals surface area contributed by atoms with Crippen molar-refractivity contribution in [3.63, 3.8) is 0 Å². The summed E-state index contributed by atoms with van der Waals surface area (Å²) in [5, 5.41) is 11.0. The van der Waals surface area contributed by atoms with Crippen molar-refractivity contribution in [1.29, 1.82) is 0 Å². The monoisotopic (exact) mass is 341 g/mol. The molecule has 1 aromatic carbocycles. The average molecular weight is 342 g/mol. The maximum absolute atomic E-state index is 13.5. The normalized spacial score (nSPS) is 13.8. The van der Waals surface area contributed by atoms with E-state index in [9.17, 15) is 9.18 Å². The van der Waals surface area contributed by atoms with Gasteiger partial charge in [-0.3, -0.25) is 4.79 Å². The zero-order valence-electron chi connectivity index (χ0n) is 10.2. The van der Waals surface area contributed by atoms with Crippen molar-refractivity contribution >= 4 is 27.5 Å². The summed E-state index contributed by atoms with van der Waals surface area (Å²) in [4.78, 5) is 15.0. The van der Waals surface area contributed by atoms with E-state index in [4.69, 9.17) is 4.74 Å². The fourth-order valence-corrected chi connectivity index (χ4v) is 2.27. The lowest BCUT2D eigenvalue weighted by Crippen LogP contribution is -2.40. The Kier molecular flexibility index (Phi) is 3.35. The second kappa shape index (κ2) is 5.16. The van der Waals surface area contributed by atoms with E-state index >= 15 is 0 Å². The van der Waals surface area contributed by atoms with Crippen molar-refractivity contribution in [3.8, 4) is 5.75 Å². The summed E-state index contributed by atoms with van der Waals surface area (Å²) in [5.41, 5.74) is 0.523. The van der Waals surface area contributed by atoms with Gasteiger partial charge in [0.1, 0.15) is 24.7 Å². The van der Waals surface area contributed by atoms with Crippen molar-refractivity contribution < 1.29 is 13.9 Å². The number of carbonyl (C=O) groups is 1. The summed E-state index contributed by atoms with van der Waals surface area (Å²) in [6.45, 7) is 0.664. The van der Waals surface area contributed by atoms with Gasteiger partial charge in [-0.15, -0.1) is 10.2 Å². The number of anilines is 1. The average Bonchev–Trinajstić information content (AvgIpc) is 2.92. The molecule has 0 saturated carbocycles. The SMILES string of the molecule is O=C(Cn1ncnn1)N1CCOc2cc(F)c(Br)cc21. The topological polar surface area (TPSA) is 73.1 Å². The van der Waals surface area contributed by atoms with Crippen LogP contribution in [-0.2, 0) is 11.3 Å². The van der Waals surface area contributed by atoms with Gasteiger partial charge >= 0.3 is 0 Å². The maximum Gasteiger partial charge on any atom is 0.250 e. The van der Waals surface area contributed by atoms with Crippen molar-refractivity contribution in [2.24, 2.45) is 0 Å². The summed E-state index contributed by atoms with van der Waals surface area (Å²) in [6, 6.07) is 2.78. The first-order chi connectivity index (χ1) is 9.65. The Balaban J connectivity index is 1.89. The lowest BCUT2D eigenvalue weighted by atomic mass is 10.2. The number of ether oxygens (including phenoxy) is 1. The van der Waals surface area contributed by atoms with E-state index in [0.717, 1.165) is 0 Å². The molecule has 2 heterocycles. The fourth-order valence-electron chi connectivity index (χ4n) is 1.94. The first kappa shape index (κ1) is 13.0. The molecule has 3 rings (SSSR count). The fraction of sp³-hybridized carbons (Fsp3) is 0.273. The van der Waals surface area contributed by atoms with Gasteiger partial charge in [0.25, 0.3) is 5.91 Å². The highest BCUT2D eigenvalue weighted by atomic mass is 79.9. The van der Waals surface area contributed by atoms with E-state index in [0.29, 0.717) is 24.6 Å². The Morgan fingerprint density at radius 3 is 3.10 bits per heavy atom. The van der Waals surface area contributed by atoms with Gasteiger partial charge in [-0.2, -0.15) is 4.80 Å². The van der Waals surface area contributed by atoms with Gasteiger partial charge in [0.05, 0.1) is 16.7 Å². The highest BCUT2D eigenvalue weighted by molar-refractivity contribution is 9.10. The summed E-state index contributed by atoms with van der Waals surface area (Å²) in [7, 11) is 0. The number of aromatic nitrogens is 4. The van der Waals surface area contributed by atoms with Crippen LogP contribution >= 0.6 is 15.9 Å². The first-order valence-electron chi connectivity index (χ1n) is 5.78. The Hall–Kier alpha value is -2.03. The third kappa shape index (κ3) is 2.36. The Morgan fingerprint density at radius 1 is 1.50 bits per heavy atom. The number of benzene rings is 1. The number of amides is 1. The van der Waals surface area contributed by atoms with Crippen LogP contribution in [-0.4, -0.2) is 39.3 Å². The molecule has 7 nitrogen and oxygen atoms in total. The molecule has 0 spiro atoms. The Bertz CT molecular complexity index is 649. The minimum Gasteiger partial charge on any atom is -0.489 e. The standard InChI is InChI=1S/C11H9BrFN5O2/c12-7-3-9-10(4-8(7)13)20-2-1-17(9)11(19)5-18-15-6-14-16-18/h3-4,6H,1-2,5H2. The molecular weight excluding hydrogens is 333 g/mol. The summed E-state index contributed by atoms with van der Waals surface area (Å²) < 4.78 is 19.1. The van der Waals surface area contributed by atoms with E-state index in [1.807, 2.05) is 0 Å². The molecule has 1 aromatic heterocycles. The third-order valence-corrected chi connectivity index (χ3v) is 3.44. The number of fused-ring (bicyclic) bond motifs is 1. The second-order valence-electron chi connectivity index (χ2n) is 4.09. The van der Waals surface area contributed by atoms with Crippen LogP contribution < -0.4 is 9.64 Å². The zero-order chi connectivity index (χ0) is 14.1.